The molecule has 1 heterocycles. The molecule has 1 unspecified atom stereocenters. The number of hydrogen-bond acceptors (Lipinski definition) is 3. The van der Waals surface area contributed by atoms with Gasteiger partial charge in [0.25, 0.3) is 0 Å². The molecular formula is C15H17ClFNO3. The second-order valence-electron chi connectivity index (χ2n) is 5.08. The first kappa shape index (κ1) is 15.8. The summed E-state index contributed by atoms with van der Waals surface area (Å²) in [6, 6.07) is 4.34. The maximum atomic E-state index is 13.7. The highest BCUT2D eigenvalue weighted by atomic mass is 35.5. The van der Waals surface area contributed by atoms with Crippen LogP contribution >= 0.6 is 11.6 Å². The molecule has 0 aliphatic carbocycles. The molecule has 0 radical (unpaired) electrons. The molecule has 1 aromatic carbocycles. The number of carbonyl (C=O) groups excluding carboxylic acids is 2. The summed E-state index contributed by atoms with van der Waals surface area (Å²) in [6.07, 6.45) is 1.34. The number of esters is 1. The van der Waals surface area contributed by atoms with Gasteiger partial charge in [0.15, 0.2) is 0 Å². The molecule has 0 spiro atoms. The number of hydrogen-bond donors (Lipinski definition) is 0. The van der Waals surface area contributed by atoms with Gasteiger partial charge in [-0.15, -0.1) is 0 Å². The molecule has 0 bridgehead atoms. The number of piperidine rings is 1. The van der Waals surface area contributed by atoms with Crippen molar-refractivity contribution in [3.8, 4) is 0 Å². The smallest absolute Gasteiger partial charge is 0.310 e. The molecule has 1 aliphatic rings. The molecule has 1 amide bonds. The summed E-state index contributed by atoms with van der Waals surface area (Å²) in [5.74, 6) is -1.33. The number of carbonyl (C=O) groups is 2. The minimum atomic E-state index is -0.489. The molecule has 1 atom stereocenters. The number of benzene rings is 1. The zero-order chi connectivity index (χ0) is 15.4. The number of likely N-dealkylation sites (tertiary alicyclic amines) is 1. The van der Waals surface area contributed by atoms with Gasteiger partial charge >= 0.3 is 5.97 Å². The van der Waals surface area contributed by atoms with Crippen molar-refractivity contribution < 1.29 is 18.7 Å². The Bertz CT molecular complexity index is 529. The Morgan fingerprint density at radius 2 is 2.24 bits per heavy atom. The van der Waals surface area contributed by atoms with Crippen molar-refractivity contribution in [3.05, 3.63) is 34.6 Å². The van der Waals surface area contributed by atoms with Crippen LogP contribution in [-0.4, -0.2) is 37.0 Å². The van der Waals surface area contributed by atoms with E-state index >= 15 is 0 Å². The van der Waals surface area contributed by atoms with Crippen LogP contribution in [0.4, 0.5) is 4.39 Å². The van der Waals surface area contributed by atoms with E-state index in [1.807, 2.05) is 0 Å². The fourth-order valence-corrected chi connectivity index (χ4v) is 2.76. The van der Waals surface area contributed by atoms with Crippen molar-refractivity contribution in [2.75, 3.05) is 20.2 Å². The number of ether oxygens (including phenoxy) is 1. The minimum absolute atomic E-state index is 0.0978. The van der Waals surface area contributed by atoms with Crippen LogP contribution in [0.25, 0.3) is 0 Å². The van der Waals surface area contributed by atoms with Gasteiger partial charge in [-0.25, -0.2) is 4.39 Å². The van der Waals surface area contributed by atoms with E-state index < -0.39 is 5.82 Å². The van der Waals surface area contributed by atoms with Crippen LogP contribution in [0.1, 0.15) is 18.4 Å². The summed E-state index contributed by atoms with van der Waals surface area (Å²) in [5.41, 5.74) is 0.198. The highest BCUT2D eigenvalue weighted by Crippen LogP contribution is 2.22. The van der Waals surface area contributed by atoms with E-state index in [1.165, 1.54) is 19.2 Å². The van der Waals surface area contributed by atoms with Gasteiger partial charge in [0.1, 0.15) is 5.82 Å². The first-order valence-corrected chi connectivity index (χ1v) is 7.19. The third kappa shape index (κ3) is 3.73. The van der Waals surface area contributed by atoms with Crippen molar-refractivity contribution in [2.24, 2.45) is 5.92 Å². The fourth-order valence-electron chi connectivity index (χ4n) is 2.53. The van der Waals surface area contributed by atoms with E-state index in [0.717, 1.165) is 6.42 Å². The quantitative estimate of drug-likeness (QED) is 0.805. The van der Waals surface area contributed by atoms with Crippen LogP contribution in [0.5, 0.6) is 0 Å². The molecule has 1 aliphatic heterocycles. The van der Waals surface area contributed by atoms with Crippen LogP contribution in [0.3, 0.4) is 0 Å². The molecule has 1 fully saturated rings. The van der Waals surface area contributed by atoms with Gasteiger partial charge in [-0.05, 0) is 25.0 Å². The molecule has 2 rings (SSSR count). The second-order valence-corrected chi connectivity index (χ2v) is 5.49. The lowest BCUT2D eigenvalue weighted by atomic mass is 9.97. The van der Waals surface area contributed by atoms with E-state index in [2.05, 4.69) is 0 Å². The van der Waals surface area contributed by atoms with Crippen molar-refractivity contribution in [3.63, 3.8) is 0 Å². The number of amides is 1. The number of rotatable bonds is 3. The van der Waals surface area contributed by atoms with Crippen molar-refractivity contribution in [1.29, 1.82) is 0 Å². The molecule has 0 aromatic heterocycles. The Balaban J connectivity index is 2.05. The van der Waals surface area contributed by atoms with Crippen LogP contribution < -0.4 is 0 Å². The van der Waals surface area contributed by atoms with Crippen LogP contribution in [-0.2, 0) is 20.7 Å². The summed E-state index contributed by atoms with van der Waals surface area (Å²) < 4.78 is 18.4. The maximum Gasteiger partial charge on any atom is 0.310 e. The van der Waals surface area contributed by atoms with E-state index in [0.29, 0.717) is 19.5 Å². The SMILES string of the molecule is COC(=O)C1CCCN(C(=O)Cc2c(F)cccc2Cl)C1. The Kier molecular flexibility index (Phi) is 5.17. The van der Waals surface area contributed by atoms with Crippen LogP contribution in [0, 0.1) is 11.7 Å². The average molecular weight is 314 g/mol. The van der Waals surface area contributed by atoms with Gasteiger partial charge in [-0.3, -0.25) is 9.59 Å². The minimum Gasteiger partial charge on any atom is -0.469 e. The van der Waals surface area contributed by atoms with E-state index in [1.54, 1.807) is 11.0 Å². The fraction of sp³-hybridized carbons (Fsp3) is 0.467. The molecule has 0 N–H and O–H groups in total. The molecule has 0 saturated carbocycles. The standard InChI is InChI=1S/C15H17ClFNO3/c1-21-15(20)10-4-3-7-18(9-10)14(19)8-11-12(16)5-2-6-13(11)17/h2,5-6,10H,3-4,7-9H2,1H3. The first-order valence-electron chi connectivity index (χ1n) is 6.81. The van der Waals surface area contributed by atoms with E-state index in [9.17, 15) is 14.0 Å². The Labute approximate surface area is 127 Å². The Morgan fingerprint density at radius 1 is 1.48 bits per heavy atom. The van der Waals surface area contributed by atoms with Gasteiger partial charge in [0, 0.05) is 23.7 Å². The topological polar surface area (TPSA) is 46.6 Å². The Hall–Kier alpha value is -1.62. The predicted molar refractivity (Wildman–Crippen MR) is 76.4 cm³/mol. The third-order valence-corrected chi connectivity index (χ3v) is 4.05. The number of nitrogens with zero attached hydrogens (tertiary/aromatic N) is 1. The maximum absolute atomic E-state index is 13.7. The van der Waals surface area contributed by atoms with E-state index in [4.69, 9.17) is 16.3 Å². The molecule has 21 heavy (non-hydrogen) atoms. The second kappa shape index (κ2) is 6.89. The zero-order valence-corrected chi connectivity index (χ0v) is 12.5. The molecule has 114 valence electrons. The molecule has 6 heteroatoms. The van der Waals surface area contributed by atoms with Crippen LogP contribution in [0.15, 0.2) is 18.2 Å². The first-order chi connectivity index (χ1) is 10.0. The lowest BCUT2D eigenvalue weighted by molar-refractivity contribution is -0.148. The van der Waals surface area contributed by atoms with Crippen molar-refractivity contribution >= 4 is 23.5 Å². The lowest BCUT2D eigenvalue weighted by Gasteiger charge is -2.31. The van der Waals surface area contributed by atoms with Gasteiger partial charge in [0.05, 0.1) is 19.4 Å². The molecular weight excluding hydrogens is 297 g/mol. The van der Waals surface area contributed by atoms with Crippen molar-refractivity contribution in [1.82, 2.24) is 4.90 Å². The number of methoxy groups -OCH3 is 1. The summed E-state index contributed by atoms with van der Waals surface area (Å²) in [6.45, 7) is 0.885. The normalized spacial score (nSPS) is 18.4. The lowest BCUT2D eigenvalue weighted by Crippen LogP contribution is -2.43. The van der Waals surface area contributed by atoms with Crippen LogP contribution in [0.2, 0.25) is 5.02 Å². The Morgan fingerprint density at radius 3 is 2.90 bits per heavy atom. The molecule has 1 saturated heterocycles. The highest BCUT2D eigenvalue weighted by Gasteiger charge is 2.29. The van der Waals surface area contributed by atoms with Crippen molar-refractivity contribution in [2.45, 2.75) is 19.3 Å². The largest absolute Gasteiger partial charge is 0.469 e. The van der Waals surface area contributed by atoms with Gasteiger partial charge in [-0.2, -0.15) is 0 Å². The van der Waals surface area contributed by atoms with Gasteiger partial charge in [0.2, 0.25) is 5.91 Å². The molecule has 1 aromatic rings. The summed E-state index contributed by atoms with van der Waals surface area (Å²) in [7, 11) is 1.34. The van der Waals surface area contributed by atoms with E-state index in [-0.39, 0.29) is 34.8 Å². The highest BCUT2D eigenvalue weighted by molar-refractivity contribution is 6.31. The monoisotopic (exact) mass is 313 g/mol. The summed E-state index contributed by atoms with van der Waals surface area (Å²) in [4.78, 5) is 25.4. The summed E-state index contributed by atoms with van der Waals surface area (Å²) in [5, 5.41) is 0.241. The molecule has 4 nitrogen and oxygen atoms in total. The third-order valence-electron chi connectivity index (χ3n) is 3.70. The van der Waals surface area contributed by atoms with Gasteiger partial charge in [-0.1, -0.05) is 17.7 Å². The average Bonchev–Trinajstić information content (AvgIpc) is 2.50. The summed E-state index contributed by atoms with van der Waals surface area (Å²) >= 11 is 5.93. The zero-order valence-electron chi connectivity index (χ0n) is 11.8. The predicted octanol–water partition coefficient (Wildman–Crippen LogP) is 2.43. The number of halogens is 2. The van der Waals surface area contributed by atoms with Gasteiger partial charge < -0.3 is 9.64 Å².